The van der Waals surface area contributed by atoms with E-state index in [4.69, 9.17) is 9.47 Å². The molecule has 0 spiro atoms. The first-order chi connectivity index (χ1) is 11.4. The van der Waals surface area contributed by atoms with E-state index in [9.17, 15) is 4.79 Å². The molecule has 2 aromatic rings. The maximum absolute atomic E-state index is 11.9. The van der Waals surface area contributed by atoms with Gasteiger partial charge >= 0.3 is 6.09 Å². The predicted octanol–water partition coefficient (Wildman–Crippen LogP) is 3.16. The fourth-order valence-corrected chi connectivity index (χ4v) is 2.76. The van der Waals surface area contributed by atoms with Crippen LogP contribution in [0.15, 0.2) is 18.3 Å². The molecular weight excluding hydrogens is 308 g/mol. The number of rotatable bonds is 3. The van der Waals surface area contributed by atoms with Crippen LogP contribution in [-0.2, 0) is 16.0 Å². The Hall–Kier alpha value is -2.15. The molecule has 0 bridgehead atoms. The zero-order chi connectivity index (χ0) is 17.2. The molecule has 1 fully saturated rings. The lowest BCUT2D eigenvalue weighted by atomic mass is 10.2. The molecule has 3 heterocycles. The highest BCUT2D eigenvalue weighted by Gasteiger charge is 2.22. The van der Waals surface area contributed by atoms with Crippen LogP contribution in [0.1, 0.15) is 52.0 Å². The standard InChI is InChI=1S/C17H24N4O3/c1-17(2,3)24-16(22)19-11-12-15-13(7-6-9-18-15)21(20-12)14-8-4-5-10-23-14/h6-7,9,14H,4-5,8,10-11H2,1-3H3,(H,19,22). The SMILES string of the molecule is CC(C)(C)OC(=O)NCc1nn(C2CCCCO2)c2cccnc12. The Morgan fingerprint density at radius 2 is 2.29 bits per heavy atom. The van der Waals surface area contributed by atoms with Crippen molar-refractivity contribution in [2.24, 2.45) is 0 Å². The van der Waals surface area contributed by atoms with Gasteiger partial charge in [-0.05, 0) is 52.2 Å². The van der Waals surface area contributed by atoms with Crippen molar-refractivity contribution in [3.8, 4) is 0 Å². The first kappa shape index (κ1) is 16.7. The summed E-state index contributed by atoms with van der Waals surface area (Å²) in [5.41, 5.74) is 1.89. The quantitative estimate of drug-likeness (QED) is 0.934. The summed E-state index contributed by atoms with van der Waals surface area (Å²) in [5.74, 6) is 0. The number of hydrogen-bond donors (Lipinski definition) is 1. The van der Waals surface area contributed by atoms with E-state index in [0.29, 0.717) is 5.69 Å². The van der Waals surface area contributed by atoms with Crippen molar-refractivity contribution in [3.05, 3.63) is 24.0 Å². The Balaban J connectivity index is 1.79. The van der Waals surface area contributed by atoms with Crippen LogP contribution in [0.5, 0.6) is 0 Å². The fraction of sp³-hybridized carbons (Fsp3) is 0.588. The molecule has 1 saturated heterocycles. The molecule has 7 nitrogen and oxygen atoms in total. The van der Waals surface area contributed by atoms with E-state index in [1.165, 1.54) is 0 Å². The third-order valence-corrected chi connectivity index (χ3v) is 3.76. The van der Waals surface area contributed by atoms with Gasteiger partial charge in [0.05, 0.1) is 12.1 Å². The Labute approximate surface area is 141 Å². The van der Waals surface area contributed by atoms with Gasteiger partial charge in [0, 0.05) is 12.8 Å². The number of carbonyl (C=O) groups excluding carboxylic acids is 1. The second-order valence-corrected chi connectivity index (χ2v) is 6.94. The number of aromatic nitrogens is 3. The molecule has 1 aliphatic heterocycles. The van der Waals surface area contributed by atoms with E-state index in [0.717, 1.165) is 36.9 Å². The minimum absolute atomic E-state index is 0.0688. The maximum atomic E-state index is 11.9. The van der Waals surface area contributed by atoms with E-state index in [-0.39, 0.29) is 12.8 Å². The summed E-state index contributed by atoms with van der Waals surface area (Å²) >= 11 is 0. The van der Waals surface area contributed by atoms with Gasteiger partial charge in [-0.25, -0.2) is 9.48 Å². The zero-order valence-corrected chi connectivity index (χ0v) is 14.4. The third-order valence-electron chi connectivity index (χ3n) is 3.76. The van der Waals surface area contributed by atoms with Gasteiger partial charge in [-0.2, -0.15) is 5.10 Å². The van der Waals surface area contributed by atoms with Gasteiger partial charge in [-0.1, -0.05) is 0 Å². The molecule has 1 aliphatic rings. The highest BCUT2D eigenvalue weighted by atomic mass is 16.6. The molecule has 1 amide bonds. The average Bonchev–Trinajstić information content (AvgIpc) is 2.91. The molecule has 3 rings (SSSR count). The molecule has 1 atom stereocenters. The van der Waals surface area contributed by atoms with Crippen LogP contribution in [0, 0.1) is 0 Å². The van der Waals surface area contributed by atoms with Crippen molar-refractivity contribution in [3.63, 3.8) is 0 Å². The second-order valence-electron chi connectivity index (χ2n) is 6.94. The number of nitrogens with zero attached hydrogens (tertiary/aromatic N) is 3. The van der Waals surface area contributed by atoms with Gasteiger partial charge in [0.15, 0.2) is 6.23 Å². The Kier molecular flexibility index (Phi) is 4.71. The molecule has 130 valence electrons. The number of alkyl carbamates (subject to hydrolysis) is 1. The number of nitrogens with one attached hydrogen (secondary N) is 1. The third kappa shape index (κ3) is 3.84. The first-order valence-electron chi connectivity index (χ1n) is 8.34. The zero-order valence-electron chi connectivity index (χ0n) is 14.4. The van der Waals surface area contributed by atoms with Crippen molar-refractivity contribution < 1.29 is 14.3 Å². The molecule has 7 heteroatoms. The van der Waals surface area contributed by atoms with Gasteiger partial charge in [-0.15, -0.1) is 0 Å². The fourth-order valence-electron chi connectivity index (χ4n) is 2.76. The summed E-state index contributed by atoms with van der Waals surface area (Å²) < 4.78 is 13.0. The van der Waals surface area contributed by atoms with Crippen molar-refractivity contribution in [1.29, 1.82) is 0 Å². The summed E-state index contributed by atoms with van der Waals surface area (Å²) in [7, 11) is 0. The smallest absolute Gasteiger partial charge is 0.407 e. The van der Waals surface area contributed by atoms with Gasteiger partial charge in [0.25, 0.3) is 0 Å². The lowest BCUT2D eigenvalue weighted by Crippen LogP contribution is -2.32. The number of fused-ring (bicyclic) bond motifs is 1. The van der Waals surface area contributed by atoms with E-state index < -0.39 is 11.7 Å². The van der Waals surface area contributed by atoms with Gasteiger partial charge in [-0.3, -0.25) is 4.98 Å². The van der Waals surface area contributed by atoms with Gasteiger partial charge < -0.3 is 14.8 Å². The van der Waals surface area contributed by atoms with Crippen LogP contribution in [0.2, 0.25) is 0 Å². The van der Waals surface area contributed by atoms with Crippen LogP contribution in [0.3, 0.4) is 0 Å². The van der Waals surface area contributed by atoms with Gasteiger partial charge in [0.2, 0.25) is 0 Å². The molecule has 0 aliphatic carbocycles. The first-order valence-corrected chi connectivity index (χ1v) is 8.34. The number of ether oxygens (including phenoxy) is 2. The molecule has 2 aromatic heterocycles. The second kappa shape index (κ2) is 6.76. The van der Waals surface area contributed by atoms with E-state index in [1.54, 1.807) is 6.20 Å². The van der Waals surface area contributed by atoms with Crippen LogP contribution in [0.4, 0.5) is 4.79 Å². The Morgan fingerprint density at radius 1 is 1.46 bits per heavy atom. The van der Waals surface area contributed by atoms with Crippen molar-refractivity contribution in [2.45, 2.75) is 58.4 Å². The largest absolute Gasteiger partial charge is 0.444 e. The molecule has 24 heavy (non-hydrogen) atoms. The number of amides is 1. The van der Waals surface area contributed by atoms with Crippen LogP contribution >= 0.6 is 0 Å². The van der Waals surface area contributed by atoms with Crippen LogP contribution in [0.25, 0.3) is 11.0 Å². The highest BCUT2D eigenvalue weighted by molar-refractivity contribution is 5.78. The van der Waals surface area contributed by atoms with Crippen molar-refractivity contribution >= 4 is 17.1 Å². The molecule has 0 radical (unpaired) electrons. The summed E-state index contributed by atoms with van der Waals surface area (Å²) in [6.07, 6.45) is 4.34. The predicted molar refractivity (Wildman–Crippen MR) is 89.4 cm³/mol. The molecule has 0 saturated carbocycles. The van der Waals surface area contributed by atoms with Crippen molar-refractivity contribution in [1.82, 2.24) is 20.1 Å². The summed E-state index contributed by atoms with van der Waals surface area (Å²) in [6, 6.07) is 3.86. The number of pyridine rings is 1. The number of carbonyl (C=O) groups is 1. The Bertz CT molecular complexity index is 714. The molecule has 1 unspecified atom stereocenters. The maximum Gasteiger partial charge on any atom is 0.407 e. The highest BCUT2D eigenvalue weighted by Crippen LogP contribution is 2.27. The molecule has 1 N–H and O–H groups in total. The lowest BCUT2D eigenvalue weighted by Gasteiger charge is -2.23. The average molecular weight is 332 g/mol. The topological polar surface area (TPSA) is 78.3 Å². The van der Waals surface area contributed by atoms with Crippen molar-refractivity contribution in [2.75, 3.05) is 6.61 Å². The normalized spacial score (nSPS) is 18.5. The van der Waals surface area contributed by atoms with E-state index >= 15 is 0 Å². The van der Waals surface area contributed by atoms with E-state index in [2.05, 4.69) is 15.4 Å². The molecular formula is C17H24N4O3. The lowest BCUT2D eigenvalue weighted by molar-refractivity contribution is -0.0369. The monoisotopic (exact) mass is 332 g/mol. The summed E-state index contributed by atoms with van der Waals surface area (Å²) in [6.45, 7) is 6.51. The van der Waals surface area contributed by atoms with Crippen LogP contribution < -0.4 is 5.32 Å². The minimum Gasteiger partial charge on any atom is -0.444 e. The Morgan fingerprint density at radius 3 is 3.00 bits per heavy atom. The van der Waals surface area contributed by atoms with E-state index in [1.807, 2.05) is 37.6 Å². The summed E-state index contributed by atoms with van der Waals surface area (Å²) in [4.78, 5) is 16.3. The molecule has 0 aromatic carbocycles. The summed E-state index contributed by atoms with van der Waals surface area (Å²) in [5, 5.41) is 7.39. The minimum atomic E-state index is -0.528. The van der Waals surface area contributed by atoms with Crippen LogP contribution in [-0.4, -0.2) is 33.1 Å². The number of hydrogen-bond acceptors (Lipinski definition) is 5. The van der Waals surface area contributed by atoms with Gasteiger partial charge in [0.1, 0.15) is 16.8 Å².